The summed E-state index contributed by atoms with van der Waals surface area (Å²) >= 11 is 0. The maximum atomic E-state index is 10.7. The van der Waals surface area contributed by atoms with Crippen LogP contribution in [0, 0.1) is 0 Å². The van der Waals surface area contributed by atoms with E-state index >= 15 is 0 Å². The smallest absolute Gasteiger partial charge is 0.208 e. The van der Waals surface area contributed by atoms with Crippen LogP contribution < -0.4 is 10.0 Å². The Morgan fingerprint density at radius 1 is 1.38 bits per heavy atom. The van der Waals surface area contributed by atoms with Crippen molar-refractivity contribution in [1.29, 1.82) is 0 Å². The molecule has 1 aromatic rings. The molecule has 1 heterocycles. The maximum Gasteiger partial charge on any atom is 0.208 e. The van der Waals surface area contributed by atoms with Crippen molar-refractivity contribution in [3.63, 3.8) is 0 Å². The summed E-state index contributed by atoms with van der Waals surface area (Å²) in [5, 5.41) is 3.18. The van der Waals surface area contributed by atoms with Crippen molar-refractivity contribution in [2.24, 2.45) is 0 Å². The Morgan fingerprint density at radius 3 is 2.69 bits per heavy atom. The first kappa shape index (κ1) is 15.4. The van der Waals surface area contributed by atoms with Gasteiger partial charge in [-0.1, -0.05) is 0 Å². The van der Waals surface area contributed by atoms with Crippen LogP contribution in [0.4, 0.5) is 0 Å². The monoisotopic (exact) mass is 268 g/mol. The maximum absolute atomic E-state index is 10.7. The van der Waals surface area contributed by atoms with E-state index in [1.165, 1.54) is 0 Å². The number of hydrogen-bond donors (Lipinski definition) is 2. The molecule has 0 radical (unpaired) electrons. The summed E-state index contributed by atoms with van der Waals surface area (Å²) in [6, 6.07) is 1.89. The second kappa shape index (κ2) is 7.67. The largest absolute Gasteiger partial charge is 0.472 e. The SMILES string of the molecule is CS(=O)(=O)NCCCNCc1ccoc1.Cl. The average molecular weight is 269 g/mol. The average Bonchev–Trinajstić information content (AvgIpc) is 2.61. The summed E-state index contributed by atoms with van der Waals surface area (Å²) in [7, 11) is -3.05. The molecule has 0 saturated heterocycles. The summed E-state index contributed by atoms with van der Waals surface area (Å²) in [5.74, 6) is 0. The molecular weight excluding hydrogens is 252 g/mol. The highest BCUT2D eigenvalue weighted by atomic mass is 35.5. The lowest BCUT2D eigenvalue weighted by Gasteiger charge is -2.03. The minimum atomic E-state index is -3.05. The molecule has 94 valence electrons. The number of hydrogen-bond acceptors (Lipinski definition) is 4. The molecule has 2 N–H and O–H groups in total. The van der Waals surface area contributed by atoms with Crippen LogP contribution in [0.15, 0.2) is 23.0 Å². The van der Waals surface area contributed by atoms with E-state index in [4.69, 9.17) is 4.42 Å². The minimum absolute atomic E-state index is 0. The van der Waals surface area contributed by atoms with Gasteiger partial charge in [-0.3, -0.25) is 0 Å². The quantitative estimate of drug-likeness (QED) is 0.715. The van der Waals surface area contributed by atoms with Gasteiger partial charge in [0.15, 0.2) is 0 Å². The van der Waals surface area contributed by atoms with Gasteiger partial charge in [0, 0.05) is 18.7 Å². The van der Waals surface area contributed by atoms with Crippen molar-refractivity contribution in [2.75, 3.05) is 19.3 Å². The Labute approximate surface area is 102 Å². The van der Waals surface area contributed by atoms with Gasteiger partial charge in [0.25, 0.3) is 0 Å². The molecule has 0 atom stereocenters. The second-order valence-electron chi connectivity index (χ2n) is 3.33. The zero-order valence-corrected chi connectivity index (χ0v) is 10.7. The summed E-state index contributed by atoms with van der Waals surface area (Å²) < 4.78 is 28.7. The van der Waals surface area contributed by atoms with Crippen molar-refractivity contribution in [3.05, 3.63) is 24.2 Å². The Hall–Kier alpha value is -0.560. The summed E-state index contributed by atoms with van der Waals surface area (Å²) in [6.07, 6.45) is 5.24. The van der Waals surface area contributed by atoms with Gasteiger partial charge >= 0.3 is 0 Å². The zero-order chi connectivity index (χ0) is 11.1. The van der Waals surface area contributed by atoms with E-state index in [1.54, 1.807) is 12.5 Å². The van der Waals surface area contributed by atoms with Crippen molar-refractivity contribution in [1.82, 2.24) is 10.0 Å². The first-order valence-corrected chi connectivity index (χ1v) is 6.63. The van der Waals surface area contributed by atoms with E-state index < -0.39 is 10.0 Å². The molecule has 0 aromatic carbocycles. The lowest BCUT2D eigenvalue weighted by atomic mass is 10.3. The molecule has 0 aliphatic carbocycles. The van der Waals surface area contributed by atoms with Gasteiger partial charge in [0.2, 0.25) is 10.0 Å². The number of furan rings is 1. The highest BCUT2D eigenvalue weighted by Gasteiger charge is 1.98. The molecule has 1 aromatic heterocycles. The summed E-state index contributed by atoms with van der Waals surface area (Å²) in [6.45, 7) is 1.99. The van der Waals surface area contributed by atoms with Crippen LogP contribution in [0.2, 0.25) is 0 Å². The molecule has 0 fully saturated rings. The molecule has 0 bridgehead atoms. The van der Waals surface area contributed by atoms with Crippen molar-refractivity contribution in [2.45, 2.75) is 13.0 Å². The first-order valence-electron chi connectivity index (χ1n) is 4.74. The molecule has 7 heteroatoms. The second-order valence-corrected chi connectivity index (χ2v) is 5.16. The molecule has 0 unspecified atom stereocenters. The van der Waals surface area contributed by atoms with Crippen LogP contribution >= 0.6 is 12.4 Å². The number of sulfonamides is 1. The highest BCUT2D eigenvalue weighted by Crippen LogP contribution is 1.97. The molecule has 0 spiro atoms. The molecule has 16 heavy (non-hydrogen) atoms. The summed E-state index contributed by atoms with van der Waals surface area (Å²) in [4.78, 5) is 0. The van der Waals surface area contributed by atoms with Crippen LogP contribution in [-0.2, 0) is 16.6 Å². The van der Waals surface area contributed by atoms with Crippen molar-refractivity contribution in [3.8, 4) is 0 Å². The van der Waals surface area contributed by atoms with Gasteiger partial charge in [-0.15, -0.1) is 12.4 Å². The third-order valence-electron chi connectivity index (χ3n) is 1.80. The van der Waals surface area contributed by atoms with E-state index in [2.05, 4.69) is 10.0 Å². The zero-order valence-electron chi connectivity index (χ0n) is 9.10. The normalized spacial score (nSPS) is 11.1. The van der Waals surface area contributed by atoms with Gasteiger partial charge in [-0.25, -0.2) is 13.1 Å². The number of rotatable bonds is 7. The Balaban J connectivity index is 0.00000225. The molecule has 0 amide bonds. The van der Waals surface area contributed by atoms with E-state index in [0.717, 1.165) is 31.3 Å². The van der Waals surface area contributed by atoms with Gasteiger partial charge in [-0.05, 0) is 19.0 Å². The molecule has 0 saturated carbocycles. The van der Waals surface area contributed by atoms with Crippen LogP contribution in [-0.4, -0.2) is 27.8 Å². The number of nitrogens with one attached hydrogen (secondary N) is 2. The molecule has 0 aliphatic rings. The third-order valence-corrected chi connectivity index (χ3v) is 2.53. The van der Waals surface area contributed by atoms with E-state index in [-0.39, 0.29) is 12.4 Å². The van der Waals surface area contributed by atoms with Crippen LogP contribution in [0.5, 0.6) is 0 Å². The Bertz CT molecular complexity index is 364. The number of halogens is 1. The fourth-order valence-electron chi connectivity index (χ4n) is 1.10. The molecule has 1 rings (SSSR count). The van der Waals surface area contributed by atoms with Gasteiger partial charge in [0.05, 0.1) is 18.8 Å². The fourth-order valence-corrected chi connectivity index (χ4v) is 1.61. The van der Waals surface area contributed by atoms with E-state index in [9.17, 15) is 8.42 Å². The van der Waals surface area contributed by atoms with Gasteiger partial charge in [0.1, 0.15) is 0 Å². The van der Waals surface area contributed by atoms with Crippen LogP contribution in [0.25, 0.3) is 0 Å². The summed E-state index contributed by atoms with van der Waals surface area (Å²) in [5.41, 5.74) is 1.09. The van der Waals surface area contributed by atoms with E-state index in [0.29, 0.717) is 6.54 Å². The standard InChI is InChI=1S/C9H16N2O3S.ClH/c1-15(12,13)11-5-2-4-10-7-9-3-6-14-8-9;/h3,6,8,10-11H,2,4-5,7H2,1H3;1H. The topological polar surface area (TPSA) is 71.3 Å². The van der Waals surface area contributed by atoms with Crippen LogP contribution in [0.3, 0.4) is 0 Å². The Kier molecular flexibility index (Phi) is 7.40. The predicted octanol–water partition coefficient (Wildman–Crippen LogP) is 0.730. The highest BCUT2D eigenvalue weighted by molar-refractivity contribution is 7.88. The lowest BCUT2D eigenvalue weighted by molar-refractivity contribution is 0.558. The predicted molar refractivity (Wildman–Crippen MR) is 65.1 cm³/mol. The van der Waals surface area contributed by atoms with Gasteiger partial charge in [-0.2, -0.15) is 0 Å². The molecule has 0 aliphatic heterocycles. The van der Waals surface area contributed by atoms with E-state index in [1.807, 2.05) is 6.07 Å². The van der Waals surface area contributed by atoms with Crippen molar-refractivity contribution < 1.29 is 12.8 Å². The van der Waals surface area contributed by atoms with Crippen molar-refractivity contribution >= 4 is 22.4 Å². The fraction of sp³-hybridized carbons (Fsp3) is 0.556. The minimum Gasteiger partial charge on any atom is -0.472 e. The first-order chi connectivity index (χ1) is 7.08. The van der Waals surface area contributed by atoms with Crippen LogP contribution in [0.1, 0.15) is 12.0 Å². The molecular formula is C9H17ClN2O3S. The molecule has 5 nitrogen and oxygen atoms in total. The van der Waals surface area contributed by atoms with Gasteiger partial charge < -0.3 is 9.73 Å². The Morgan fingerprint density at radius 2 is 2.12 bits per heavy atom. The third kappa shape index (κ3) is 7.70. The lowest BCUT2D eigenvalue weighted by Crippen LogP contribution is -2.26.